The summed E-state index contributed by atoms with van der Waals surface area (Å²) in [7, 11) is 3.44. The Morgan fingerprint density at radius 1 is 1.22 bits per heavy atom. The van der Waals surface area contributed by atoms with Gasteiger partial charge < -0.3 is 15.3 Å². The largest absolute Gasteiger partial charge is 0.391 e. The lowest BCUT2D eigenvalue weighted by atomic mass is 9.93. The highest BCUT2D eigenvalue weighted by atomic mass is 32.1. The molecule has 3 heterocycles. The van der Waals surface area contributed by atoms with Gasteiger partial charge in [-0.25, -0.2) is 15.0 Å². The smallest absolute Gasteiger partial charge is 0.289 e. The van der Waals surface area contributed by atoms with E-state index >= 15 is 0 Å². The molecule has 0 aliphatic heterocycles. The van der Waals surface area contributed by atoms with Gasteiger partial charge in [-0.05, 0) is 36.6 Å². The van der Waals surface area contributed by atoms with Gasteiger partial charge in [0.1, 0.15) is 5.52 Å². The number of nitrogens with zero attached hydrogens (tertiary/aromatic N) is 5. The number of amides is 1. The second-order valence-corrected chi connectivity index (χ2v) is 9.48. The molecule has 1 saturated carbocycles. The third-order valence-electron chi connectivity index (χ3n) is 5.97. The van der Waals surface area contributed by atoms with E-state index in [4.69, 9.17) is 4.98 Å². The lowest BCUT2D eigenvalue weighted by Gasteiger charge is -2.28. The van der Waals surface area contributed by atoms with Crippen LogP contribution in [0.4, 0.5) is 5.13 Å². The van der Waals surface area contributed by atoms with Crippen LogP contribution in [-0.2, 0) is 6.54 Å². The van der Waals surface area contributed by atoms with E-state index in [9.17, 15) is 9.90 Å². The lowest BCUT2D eigenvalue weighted by Crippen LogP contribution is -2.36. The van der Waals surface area contributed by atoms with Crippen LogP contribution in [-0.4, -0.2) is 61.7 Å². The van der Waals surface area contributed by atoms with E-state index in [-0.39, 0.29) is 18.1 Å². The minimum absolute atomic E-state index is 0.0406. The van der Waals surface area contributed by atoms with Crippen LogP contribution < -0.4 is 5.32 Å². The van der Waals surface area contributed by atoms with Gasteiger partial charge in [-0.1, -0.05) is 36.3 Å². The summed E-state index contributed by atoms with van der Waals surface area (Å²) in [6.07, 6.45) is 5.35. The van der Waals surface area contributed by atoms with E-state index in [1.54, 1.807) is 31.6 Å². The molecule has 1 amide bonds. The Morgan fingerprint density at radius 2 is 2.06 bits per heavy atom. The number of thiazole rings is 1. The zero-order chi connectivity index (χ0) is 22.2. The predicted octanol–water partition coefficient (Wildman–Crippen LogP) is 3.51. The lowest BCUT2D eigenvalue weighted by molar-refractivity contribution is 0.0812. The van der Waals surface area contributed by atoms with Gasteiger partial charge >= 0.3 is 0 Å². The van der Waals surface area contributed by atoms with Crippen LogP contribution in [0.5, 0.6) is 0 Å². The number of nitrogens with one attached hydrogen (secondary N) is 1. The van der Waals surface area contributed by atoms with Gasteiger partial charge in [0.25, 0.3) is 5.91 Å². The summed E-state index contributed by atoms with van der Waals surface area (Å²) in [5, 5.41) is 14.6. The first-order chi connectivity index (χ1) is 15.5. The van der Waals surface area contributed by atoms with Gasteiger partial charge in [0.05, 0.1) is 28.9 Å². The molecule has 9 heteroatoms. The maximum atomic E-state index is 12.8. The highest BCUT2D eigenvalue weighted by Gasteiger charge is 2.24. The zero-order valence-electron chi connectivity index (χ0n) is 18.2. The summed E-state index contributed by atoms with van der Waals surface area (Å²) >= 11 is 1.59. The Bertz CT molecular complexity index is 1280. The number of aromatic nitrogens is 4. The maximum absolute atomic E-state index is 12.8. The highest BCUT2D eigenvalue weighted by Crippen LogP contribution is 2.31. The standard InChI is InChI=1S/C23H26N6O2S/c1-28(2)22(31)21-25-16-9-6-12-24-20(16)29(21)13-14-7-5-11-18-19(14)27-23(32-18)26-15-8-3-4-10-17(15)30/h5-7,9,11-12,15,17,30H,3-4,8,10,13H2,1-2H3,(H,26,27). The number of hydrogen-bond acceptors (Lipinski definition) is 7. The number of rotatable bonds is 5. The van der Waals surface area contributed by atoms with E-state index in [0.29, 0.717) is 23.5 Å². The number of carbonyl (C=O) groups is 1. The second-order valence-electron chi connectivity index (χ2n) is 8.45. The molecule has 1 aliphatic rings. The van der Waals surface area contributed by atoms with Crippen LogP contribution >= 0.6 is 11.3 Å². The number of carbonyl (C=O) groups excluding carboxylic acids is 1. The average molecular weight is 451 g/mol. The van der Waals surface area contributed by atoms with Crippen molar-refractivity contribution < 1.29 is 9.90 Å². The molecule has 166 valence electrons. The number of para-hydroxylation sites is 1. The molecule has 0 saturated heterocycles. The van der Waals surface area contributed by atoms with E-state index < -0.39 is 0 Å². The molecule has 4 aromatic rings. The molecule has 1 aliphatic carbocycles. The van der Waals surface area contributed by atoms with E-state index in [1.165, 1.54) is 4.90 Å². The number of pyridine rings is 1. The summed E-state index contributed by atoms with van der Waals surface area (Å²) < 4.78 is 2.93. The first-order valence-corrected chi connectivity index (χ1v) is 11.7. The minimum atomic E-state index is -0.335. The van der Waals surface area contributed by atoms with Gasteiger partial charge in [0.15, 0.2) is 10.8 Å². The summed E-state index contributed by atoms with van der Waals surface area (Å²) in [6.45, 7) is 0.439. The van der Waals surface area contributed by atoms with E-state index in [1.807, 2.05) is 28.8 Å². The Balaban J connectivity index is 1.52. The molecule has 2 unspecified atom stereocenters. The second kappa shape index (κ2) is 8.48. The number of aliphatic hydroxyl groups excluding tert-OH is 1. The number of hydrogen-bond donors (Lipinski definition) is 2. The number of benzene rings is 1. The van der Waals surface area contributed by atoms with Crippen molar-refractivity contribution in [2.24, 2.45) is 0 Å². The molecule has 1 fully saturated rings. The van der Waals surface area contributed by atoms with Crippen LogP contribution in [0.2, 0.25) is 0 Å². The van der Waals surface area contributed by atoms with Crippen LogP contribution in [0.25, 0.3) is 21.4 Å². The number of anilines is 1. The monoisotopic (exact) mass is 450 g/mol. The first-order valence-electron chi connectivity index (χ1n) is 10.9. The molecule has 32 heavy (non-hydrogen) atoms. The maximum Gasteiger partial charge on any atom is 0.289 e. The van der Waals surface area contributed by atoms with Gasteiger partial charge in [-0.2, -0.15) is 0 Å². The van der Waals surface area contributed by atoms with Crippen molar-refractivity contribution in [3.63, 3.8) is 0 Å². The Kier molecular flexibility index (Phi) is 5.52. The Labute approximate surface area is 189 Å². The normalized spacial score (nSPS) is 18.8. The molecular weight excluding hydrogens is 424 g/mol. The quantitative estimate of drug-likeness (QED) is 0.483. The molecule has 0 spiro atoms. The van der Waals surface area contributed by atoms with Gasteiger partial charge in [-0.15, -0.1) is 0 Å². The van der Waals surface area contributed by atoms with E-state index in [0.717, 1.165) is 46.6 Å². The number of imidazole rings is 1. The molecule has 2 atom stereocenters. The molecule has 2 N–H and O–H groups in total. The zero-order valence-corrected chi connectivity index (χ0v) is 19.0. The Hall–Kier alpha value is -3.04. The number of aliphatic hydroxyl groups is 1. The van der Waals surface area contributed by atoms with Crippen molar-refractivity contribution in [2.45, 2.75) is 44.4 Å². The van der Waals surface area contributed by atoms with Gasteiger partial charge in [0, 0.05) is 20.3 Å². The Morgan fingerprint density at radius 3 is 2.88 bits per heavy atom. The van der Waals surface area contributed by atoms with Gasteiger partial charge in [0.2, 0.25) is 5.82 Å². The van der Waals surface area contributed by atoms with Crippen molar-refractivity contribution in [2.75, 3.05) is 19.4 Å². The fraction of sp³-hybridized carbons (Fsp3) is 0.391. The van der Waals surface area contributed by atoms with Crippen molar-refractivity contribution in [3.05, 3.63) is 47.9 Å². The first kappa shape index (κ1) is 20.8. The van der Waals surface area contributed by atoms with Gasteiger partial charge in [-0.3, -0.25) is 9.36 Å². The van der Waals surface area contributed by atoms with Crippen LogP contribution in [0.3, 0.4) is 0 Å². The molecule has 0 radical (unpaired) electrons. The molecular formula is C23H26N6O2S. The minimum Gasteiger partial charge on any atom is -0.391 e. The summed E-state index contributed by atoms with van der Waals surface area (Å²) in [5.74, 6) is 0.196. The summed E-state index contributed by atoms with van der Waals surface area (Å²) in [6, 6.07) is 9.82. The SMILES string of the molecule is CN(C)C(=O)c1nc2cccnc2n1Cc1cccc2sc(NC3CCCCC3O)nc12. The van der Waals surface area contributed by atoms with Crippen LogP contribution in [0.15, 0.2) is 36.5 Å². The highest BCUT2D eigenvalue weighted by molar-refractivity contribution is 7.22. The number of fused-ring (bicyclic) bond motifs is 2. The fourth-order valence-electron chi connectivity index (χ4n) is 4.28. The molecule has 8 nitrogen and oxygen atoms in total. The average Bonchev–Trinajstić information content (AvgIpc) is 3.36. The van der Waals surface area contributed by atoms with Crippen molar-refractivity contribution in [1.82, 2.24) is 24.4 Å². The van der Waals surface area contributed by atoms with Crippen molar-refractivity contribution in [3.8, 4) is 0 Å². The molecule has 5 rings (SSSR count). The topological polar surface area (TPSA) is 96.2 Å². The third kappa shape index (κ3) is 3.82. The third-order valence-corrected chi connectivity index (χ3v) is 6.92. The van der Waals surface area contributed by atoms with Crippen molar-refractivity contribution >= 4 is 43.8 Å². The van der Waals surface area contributed by atoms with Crippen molar-refractivity contribution in [1.29, 1.82) is 0 Å². The summed E-state index contributed by atoms with van der Waals surface area (Å²) in [5.41, 5.74) is 3.26. The summed E-state index contributed by atoms with van der Waals surface area (Å²) in [4.78, 5) is 28.2. The molecule has 1 aromatic carbocycles. The predicted molar refractivity (Wildman–Crippen MR) is 126 cm³/mol. The van der Waals surface area contributed by atoms with Crippen LogP contribution in [0.1, 0.15) is 41.9 Å². The van der Waals surface area contributed by atoms with Crippen LogP contribution in [0, 0.1) is 0 Å². The molecule has 3 aromatic heterocycles. The molecule has 0 bridgehead atoms. The fourth-order valence-corrected chi connectivity index (χ4v) is 5.25. The van der Waals surface area contributed by atoms with E-state index in [2.05, 4.69) is 21.4 Å².